The molecule has 0 radical (unpaired) electrons. The van der Waals surface area contributed by atoms with Crippen LogP contribution in [-0.4, -0.2) is 10.9 Å². The summed E-state index contributed by atoms with van der Waals surface area (Å²) in [4.78, 5) is 16.3. The molecule has 0 spiro atoms. The predicted molar refractivity (Wildman–Crippen MR) is 97.7 cm³/mol. The highest BCUT2D eigenvalue weighted by atomic mass is 35.5. The summed E-state index contributed by atoms with van der Waals surface area (Å²) in [5.41, 5.74) is 2.05. The molecule has 0 aliphatic carbocycles. The van der Waals surface area contributed by atoms with Crippen LogP contribution in [0.2, 0.25) is 5.02 Å². The van der Waals surface area contributed by atoms with E-state index in [0.29, 0.717) is 22.1 Å². The Hall–Kier alpha value is -2.92. The van der Waals surface area contributed by atoms with Crippen molar-refractivity contribution in [1.29, 1.82) is 0 Å². The second-order valence-corrected chi connectivity index (χ2v) is 5.86. The van der Waals surface area contributed by atoms with Crippen molar-refractivity contribution in [1.82, 2.24) is 4.98 Å². The van der Waals surface area contributed by atoms with E-state index in [1.807, 2.05) is 12.1 Å². The molecule has 0 unspecified atom stereocenters. The number of rotatable bonds is 5. The van der Waals surface area contributed by atoms with Crippen molar-refractivity contribution in [2.24, 2.45) is 0 Å². The molecule has 126 valence electrons. The first-order valence-electron chi connectivity index (χ1n) is 7.61. The Bertz CT molecular complexity index is 867. The van der Waals surface area contributed by atoms with Crippen molar-refractivity contribution in [3.63, 3.8) is 0 Å². The maximum atomic E-state index is 13.1. The molecule has 0 bridgehead atoms. The summed E-state index contributed by atoms with van der Waals surface area (Å²) in [7, 11) is 0. The maximum absolute atomic E-state index is 13.1. The highest BCUT2D eigenvalue weighted by Crippen LogP contribution is 2.18. The minimum atomic E-state index is -0.357. The molecule has 2 N–H and O–H groups in total. The fourth-order valence-corrected chi connectivity index (χ4v) is 2.39. The molecular weight excluding hydrogens is 341 g/mol. The van der Waals surface area contributed by atoms with Gasteiger partial charge in [-0.2, -0.15) is 0 Å². The Labute approximate surface area is 149 Å². The molecule has 1 amide bonds. The largest absolute Gasteiger partial charge is 0.340 e. The SMILES string of the molecule is O=C(Cc1cccc(F)c1)Nc1ccc(Nc2ccc(Cl)cc2)nc1. The number of nitrogens with one attached hydrogen (secondary N) is 2. The first-order valence-corrected chi connectivity index (χ1v) is 7.99. The molecule has 0 aliphatic heterocycles. The summed E-state index contributed by atoms with van der Waals surface area (Å²) in [6.07, 6.45) is 1.66. The number of hydrogen-bond acceptors (Lipinski definition) is 3. The van der Waals surface area contributed by atoms with Gasteiger partial charge in [0.05, 0.1) is 18.3 Å². The number of anilines is 3. The van der Waals surface area contributed by atoms with Crippen molar-refractivity contribution in [3.8, 4) is 0 Å². The molecule has 6 heteroatoms. The first kappa shape index (κ1) is 16.9. The highest BCUT2D eigenvalue weighted by molar-refractivity contribution is 6.30. The number of carbonyl (C=O) groups excluding carboxylic acids is 1. The Morgan fingerprint density at radius 3 is 2.48 bits per heavy atom. The summed E-state index contributed by atoms with van der Waals surface area (Å²) < 4.78 is 13.1. The highest BCUT2D eigenvalue weighted by Gasteiger charge is 2.06. The van der Waals surface area contributed by atoms with Crippen molar-refractivity contribution < 1.29 is 9.18 Å². The summed E-state index contributed by atoms with van der Waals surface area (Å²) in [6.45, 7) is 0. The van der Waals surface area contributed by atoms with Crippen molar-refractivity contribution >= 4 is 34.7 Å². The second-order valence-electron chi connectivity index (χ2n) is 5.42. The Balaban J connectivity index is 1.58. The van der Waals surface area contributed by atoms with Gasteiger partial charge >= 0.3 is 0 Å². The van der Waals surface area contributed by atoms with E-state index >= 15 is 0 Å². The third-order valence-electron chi connectivity index (χ3n) is 3.42. The van der Waals surface area contributed by atoms with Crippen LogP contribution in [0.1, 0.15) is 5.56 Å². The van der Waals surface area contributed by atoms with E-state index in [2.05, 4.69) is 15.6 Å². The summed E-state index contributed by atoms with van der Waals surface area (Å²) >= 11 is 5.85. The number of hydrogen-bond donors (Lipinski definition) is 2. The first-order chi connectivity index (χ1) is 12.1. The number of amides is 1. The molecule has 1 heterocycles. The number of aromatic nitrogens is 1. The molecular formula is C19H15ClFN3O. The van der Waals surface area contributed by atoms with E-state index in [9.17, 15) is 9.18 Å². The molecule has 2 aromatic carbocycles. The van der Waals surface area contributed by atoms with Gasteiger partial charge in [0.2, 0.25) is 5.91 Å². The van der Waals surface area contributed by atoms with Crippen LogP contribution in [0.25, 0.3) is 0 Å². The van der Waals surface area contributed by atoms with E-state index < -0.39 is 0 Å². The van der Waals surface area contributed by atoms with Crippen LogP contribution in [0.4, 0.5) is 21.6 Å². The Morgan fingerprint density at radius 1 is 1.04 bits per heavy atom. The monoisotopic (exact) mass is 355 g/mol. The van der Waals surface area contributed by atoms with Gasteiger partial charge in [0.25, 0.3) is 0 Å². The minimum absolute atomic E-state index is 0.0997. The normalized spacial score (nSPS) is 10.3. The van der Waals surface area contributed by atoms with Crippen LogP contribution in [0.3, 0.4) is 0 Å². The lowest BCUT2D eigenvalue weighted by atomic mass is 10.1. The van der Waals surface area contributed by atoms with E-state index in [-0.39, 0.29) is 18.1 Å². The third-order valence-corrected chi connectivity index (χ3v) is 3.67. The lowest BCUT2D eigenvalue weighted by Gasteiger charge is -2.08. The number of nitrogens with zero attached hydrogens (tertiary/aromatic N) is 1. The van der Waals surface area contributed by atoms with E-state index in [4.69, 9.17) is 11.6 Å². The average Bonchev–Trinajstić information content (AvgIpc) is 2.59. The van der Waals surface area contributed by atoms with E-state index in [0.717, 1.165) is 5.69 Å². The Morgan fingerprint density at radius 2 is 1.80 bits per heavy atom. The zero-order valence-corrected chi connectivity index (χ0v) is 13.9. The molecule has 4 nitrogen and oxygen atoms in total. The summed E-state index contributed by atoms with van der Waals surface area (Å²) in [5, 5.41) is 6.53. The van der Waals surface area contributed by atoms with E-state index in [1.54, 1.807) is 42.6 Å². The van der Waals surface area contributed by atoms with Crippen molar-refractivity contribution in [2.45, 2.75) is 6.42 Å². The zero-order valence-electron chi connectivity index (χ0n) is 13.2. The van der Waals surface area contributed by atoms with Gasteiger partial charge in [-0.3, -0.25) is 4.79 Å². The fraction of sp³-hybridized carbons (Fsp3) is 0.0526. The number of pyridine rings is 1. The van der Waals surface area contributed by atoms with Gasteiger partial charge in [0, 0.05) is 10.7 Å². The lowest BCUT2D eigenvalue weighted by molar-refractivity contribution is -0.115. The van der Waals surface area contributed by atoms with Gasteiger partial charge in [-0.1, -0.05) is 23.7 Å². The fourth-order valence-electron chi connectivity index (χ4n) is 2.26. The number of carbonyl (C=O) groups is 1. The third kappa shape index (κ3) is 5.02. The van der Waals surface area contributed by atoms with Crippen LogP contribution in [-0.2, 0) is 11.2 Å². The van der Waals surface area contributed by atoms with Gasteiger partial charge < -0.3 is 10.6 Å². The molecule has 3 aromatic rings. The van der Waals surface area contributed by atoms with Gasteiger partial charge in [-0.05, 0) is 54.1 Å². The van der Waals surface area contributed by atoms with Crippen molar-refractivity contribution in [2.75, 3.05) is 10.6 Å². The van der Waals surface area contributed by atoms with Crippen molar-refractivity contribution in [3.05, 3.63) is 83.3 Å². The molecule has 0 fully saturated rings. The van der Waals surface area contributed by atoms with Gasteiger partial charge in [0.1, 0.15) is 11.6 Å². The Kier molecular flexibility index (Phi) is 5.26. The minimum Gasteiger partial charge on any atom is -0.340 e. The maximum Gasteiger partial charge on any atom is 0.228 e. The number of benzene rings is 2. The van der Waals surface area contributed by atoms with Gasteiger partial charge in [-0.15, -0.1) is 0 Å². The van der Waals surface area contributed by atoms with Crippen LogP contribution < -0.4 is 10.6 Å². The van der Waals surface area contributed by atoms with Gasteiger partial charge in [0.15, 0.2) is 0 Å². The zero-order chi connectivity index (χ0) is 17.6. The van der Waals surface area contributed by atoms with Crippen LogP contribution in [0.5, 0.6) is 0 Å². The number of halogens is 2. The molecule has 0 saturated carbocycles. The standard InChI is InChI=1S/C19H15ClFN3O/c20-14-4-6-16(7-5-14)23-18-9-8-17(12-22-18)24-19(25)11-13-2-1-3-15(21)10-13/h1-10,12H,11H2,(H,22,23)(H,24,25). The van der Waals surface area contributed by atoms with Crippen LogP contribution in [0.15, 0.2) is 66.9 Å². The smallest absolute Gasteiger partial charge is 0.228 e. The summed E-state index contributed by atoms with van der Waals surface area (Å²) in [5.74, 6) is 0.0563. The molecule has 0 aliphatic rings. The molecule has 0 saturated heterocycles. The summed E-state index contributed by atoms with van der Waals surface area (Å²) in [6, 6.07) is 16.7. The predicted octanol–water partition coefficient (Wildman–Crippen LogP) is 4.80. The van der Waals surface area contributed by atoms with E-state index in [1.165, 1.54) is 12.1 Å². The lowest BCUT2D eigenvalue weighted by Crippen LogP contribution is -2.14. The molecule has 25 heavy (non-hydrogen) atoms. The second kappa shape index (κ2) is 7.77. The quantitative estimate of drug-likeness (QED) is 0.691. The molecule has 3 rings (SSSR count). The average molecular weight is 356 g/mol. The van der Waals surface area contributed by atoms with Crippen LogP contribution in [0, 0.1) is 5.82 Å². The van der Waals surface area contributed by atoms with Crippen LogP contribution >= 0.6 is 11.6 Å². The van der Waals surface area contributed by atoms with Gasteiger partial charge in [-0.25, -0.2) is 9.37 Å². The molecule has 0 atom stereocenters. The molecule has 1 aromatic heterocycles. The topological polar surface area (TPSA) is 54.0 Å².